The zero-order valence-electron chi connectivity index (χ0n) is 12.2. The molecule has 0 spiro atoms. The van der Waals surface area contributed by atoms with Crippen LogP contribution in [0.25, 0.3) is 0 Å². The first kappa shape index (κ1) is 14.7. The van der Waals surface area contributed by atoms with Gasteiger partial charge in [0.1, 0.15) is 0 Å². The molecule has 16 heavy (non-hydrogen) atoms. The van der Waals surface area contributed by atoms with Gasteiger partial charge < -0.3 is 4.12 Å². The predicted molar refractivity (Wildman–Crippen MR) is 82.0 cm³/mol. The van der Waals surface area contributed by atoms with Crippen molar-refractivity contribution >= 4 is 24.7 Å². The first-order valence-electron chi connectivity index (χ1n) is 6.82. The Hall–Kier alpha value is 0.611. The normalized spacial score (nSPS) is 29.6. The second-order valence-electron chi connectivity index (χ2n) is 7.49. The Balaban J connectivity index is 0.000000165. The Labute approximate surface area is 105 Å². The van der Waals surface area contributed by atoms with Gasteiger partial charge in [0.25, 0.3) is 0 Å². The van der Waals surface area contributed by atoms with Crippen molar-refractivity contribution in [1.29, 1.82) is 0 Å². The summed E-state index contributed by atoms with van der Waals surface area (Å²) in [7, 11) is -2.77. The SMILES string of the molecule is C[Si]1(C)CCCC1.C[Si]1(C)CC[Si](C)(C)O1. The number of hydrogen-bond donors (Lipinski definition) is 0. The van der Waals surface area contributed by atoms with E-state index in [9.17, 15) is 0 Å². The minimum absolute atomic E-state index is 0.540. The first-order chi connectivity index (χ1) is 7.12. The maximum Gasteiger partial charge on any atom is 0.173 e. The van der Waals surface area contributed by atoms with Gasteiger partial charge in [-0.25, -0.2) is 0 Å². The molecule has 2 aliphatic rings. The van der Waals surface area contributed by atoms with Crippen molar-refractivity contribution in [1.82, 2.24) is 0 Å². The molecule has 0 unspecified atom stereocenters. The van der Waals surface area contributed by atoms with Gasteiger partial charge in [-0.05, 0) is 38.3 Å². The van der Waals surface area contributed by atoms with Gasteiger partial charge >= 0.3 is 0 Å². The van der Waals surface area contributed by atoms with E-state index in [0.29, 0.717) is 0 Å². The Bertz CT molecular complexity index is 214. The summed E-state index contributed by atoms with van der Waals surface area (Å²) < 4.78 is 6.01. The summed E-state index contributed by atoms with van der Waals surface area (Å²) in [5, 5.41) is 0. The lowest BCUT2D eigenvalue weighted by atomic mass is 10.4. The molecule has 0 radical (unpaired) electrons. The molecule has 0 N–H and O–H groups in total. The van der Waals surface area contributed by atoms with Crippen LogP contribution in [0.5, 0.6) is 0 Å². The summed E-state index contributed by atoms with van der Waals surface area (Å²) in [5.74, 6) is 0. The number of hydrogen-bond acceptors (Lipinski definition) is 1. The molecule has 0 aromatic rings. The van der Waals surface area contributed by atoms with Crippen LogP contribution < -0.4 is 0 Å². The van der Waals surface area contributed by atoms with E-state index in [1.165, 1.54) is 24.9 Å². The van der Waals surface area contributed by atoms with Gasteiger partial charge in [-0.3, -0.25) is 0 Å². The smallest absolute Gasteiger partial charge is 0.173 e. The monoisotopic (exact) mass is 274 g/mol. The van der Waals surface area contributed by atoms with Gasteiger partial charge in [-0.2, -0.15) is 0 Å². The highest BCUT2D eigenvalue weighted by molar-refractivity contribution is 6.89. The van der Waals surface area contributed by atoms with Crippen LogP contribution >= 0.6 is 0 Å². The molecule has 0 aliphatic carbocycles. The molecule has 96 valence electrons. The van der Waals surface area contributed by atoms with Gasteiger partial charge in [0.05, 0.1) is 0 Å². The van der Waals surface area contributed by atoms with Gasteiger partial charge in [0.15, 0.2) is 16.6 Å². The van der Waals surface area contributed by atoms with Crippen LogP contribution in [-0.2, 0) is 4.12 Å². The summed E-state index contributed by atoms with van der Waals surface area (Å²) >= 11 is 0. The van der Waals surface area contributed by atoms with Crippen LogP contribution in [0.15, 0.2) is 0 Å². The molecule has 2 rings (SSSR count). The van der Waals surface area contributed by atoms with E-state index in [2.05, 4.69) is 39.3 Å². The van der Waals surface area contributed by atoms with Crippen LogP contribution in [0, 0.1) is 0 Å². The Morgan fingerprint density at radius 1 is 0.625 bits per heavy atom. The molecule has 0 aromatic carbocycles. The number of rotatable bonds is 0. The first-order valence-corrected chi connectivity index (χ1v) is 16.5. The molecule has 2 heterocycles. The quantitative estimate of drug-likeness (QED) is 0.570. The Kier molecular flexibility index (Phi) is 4.66. The average Bonchev–Trinajstić information content (AvgIpc) is 2.56. The molecule has 1 nitrogen and oxygen atoms in total. The standard InChI is InChI=1S/C6H16OSi2.C6H14Si/c1-8(2)5-6-9(3,4)7-8;1-7(2)5-3-4-6-7/h5-6H2,1-4H3;3-6H2,1-2H3. The third kappa shape index (κ3) is 5.29. The van der Waals surface area contributed by atoms with Crippen molar-refractivity contribution < 1.29 is 4.12 Å². The Morgan fingerprint density at radius 2 is 1.00 bits per heavy atom. The van der Waals surface area contributed by atoms with Gasteiger partial charge in [0.2, 0.25) is 0 Å². The lowest BCUT2D eigenvalue weighted by Gasteiger charge is -2.21. The fourth-order valence-corrected chi connectivity index (χ4v) is 17.1. The zero-order valence-corrected chi connectivity index (χ0v) is 15.2. The Morgan fingerprint density at radius 3 is 1.12 bits per heavy atom. The third-order valence-electron chi connectivity index (χ3n) is 3.84. The van der Waals surface area contributed by atoms with Gasteiger partial charge in [0, 0.05) is 8.07 Å². The summed E-state index contributed by atoms with van der Waals surface area (Å²) in [5.41, 5.74) is 0. The highest BCUT2D eigenvalue weighted by Crippen LogP contribution is 2.32. The average molecular weight is 275 g/mol. The zero-order chi connectivity index (χ0) is 12.4. The minimum atomic E-state index is -1.11. The van der Waals surface area contributed by atoms with Crippen LogP contribution in [0.4, 0.5) is 0 Å². The van der Waals surface area contributed by atoms with E-state index < -0.39 is 24.7 Å². The van der Waals surface area contributed by atoms with Crippen LogP contribution in [0.3, 0.4) is 0 Å². The third-order valence-corrected chi connectivity index (χ3v) is 15.1. The second-order valence-corrected chi connectivity index (χ2v) is 21.7. The maximum atomic E-state index is 6.01. The highest BCUT2D eigenvalue weighted by atomic mass is 28.4. The lowest BCUT2D eigenvalue weighted by molar-refractivity contribution is 0.575. The van der Waals surface area contributed by atoms with E-state index >= 15 is 0 Å². The summed E-state index contributed by atoms with van der Waals surface area (Å²) in [4.78, 5) is 0. The van der Waals surface area contributed by atoms with Crippen LogP contribution in [0.1, 0.15) is 12.8 Å². The molecule has 4 heteroatoms. The van der Waals surface area contributed by atoms with E-state index in [1.54, 1.807) is 12.1 Å². The highest BCUT2D eigenvalue weighted by Gasteiger charge is 2.40. The minimum Gasteiger partial charge on any atom is -0.456 e. The van der Waals surface area contributed by atoms with Crippen molar-refractivity contribution in [2.75, 3.05) is 0 Å². The predicted octanol–water partition coefficient (Wildman–Crippen LogP) is 4.92. The molecule has 0 amide bonds. The molecule has 2 saturated heterocycles. The van der Waals surface area contributed by atoms with Gasteiger partial charge in [-0.1, -0.05) is 38.0 Å². The van der Waals surface area contributed by atoms with Crippen LogP contribution in [-0.4, -0.2) is 24.7 Å². The van der Waals surface area contributed by atoms with Crippen molar-refractivity contribution in [2.45, 2.75) is 76.3 Å². The molecule has 2 aliphatic heterocycles. The second kappa shape index (κ2) is 5.08. The molecular weight excluding hydrogens is 244 g/mol. The van der Waals surface area contributed by atoms with E-state index in [-0.39, 0.29) is 0 Å². The summed E-state index contributed by atoms with van der Waals surface area (Å²) in [6.07, 6.45) is 3.05. The molecular formula is C12H30OSi3. The van der Waals surface area contributed by atoms with Crippen molar-refractivity contribution in [3.05, 3.63) is 0 Å². The fraction of sp³-hybridized carbons (Fsp3) is 1.00. The van der Waals surface area contributed by atoms with E-state index in [4.69, 9.17) is 4.12 Å². The summed E-state index contributed by atoms with van der Waals surface area (Å²) in [6, 6.07) is 5.97. The topological polar surface area (TPSA) is 9.23 Å². The van der Waals surface area contributed by atoms with E-state index in [0.717, 1.165) is 0 Å². The largest absolute Gasteiger partial charge is 0.456 e. The van der Waals surface area contributed by atoms with E-state index in [1.807, 2.05) is 0 Å². The molecule has 0 saturated carbocycles. The lowest BCUT2D eigenvalue weighted by Crippen LogP contribution is -2.33. The molecule has 0 bridgehead atoms. The van der Waals surface area contributed by atoms with Crippen molar-refractivity contribution in [3.8, 4) is 0 Å². The summed E-state index contributed by atoms with van der Waals surface area (Å²) in [6.45, 7) is 14.3. The molecule has 0 atom stereocenters. The van der Waals surface area contributed by atoms with Crippen molar-refractivity contribution in [3.63, 3.8) is 0 Å². The molecule has 0 aromatic heterocycles. The maximum absolute atomic E-state index is 6.01. The van der Waals surface area contributed by atoms with Crippen LogP contribution in [0.2, 0.25) is 63.5 Å². The molecule has 2 fully saturated rings. The fourth-order valence-electron chi connectivity index (χ4n) is 2.78. The van der Waals surface area contributed by atoms with Crippen molar-refractivity contribution in [2.24, 2.45) is 0 Å². The van der Waals surface area contributed by atoms with Gasteiger partial charge in [-0.15, -0.1) is 0 Å².